The van der Waals surface area contributed by atoms with E-state index in [9.17, 15) is 4.79 Å². The molecular formula is C21H34N6O2. The number of nitrogens with zero attached hydrogens (tertiary/aromatic N) is 4. The van der Waals surface area contributed by atoms with Gasteiger partial charge in [-0.25, -0.2) is 4.79 Å². The van der Waals surface area contributed by atoms with Crippen molar-refractivity contribution in [2.75, 3.05) is 35.6 Å². The normalized spacial score (nSPS) is 29.2. The van der Waals surface area contributed by atoms with Gasteiger partial charge in [0.05, 0.1) is 0 Å². The minimum Gasteiger partial charge on any atom is -0.444 e. The number of nitrogens with one attached hydrogen (secondary N) is 1. The molecule has 8 heteroatoms. The van der Waals surface area contributed by atoms with E-state index in [2.05, 4.69) is 20.2 Å². The van der Waals surface area contributed by atoms with Crippen LogP contribution < -0.4 is 16.0 Å². The summed E-state index contributed by atoms with van der Waals surface area (Å²) in [5.74, 6) is 3.55. The van der Waals surface area contributed by atoms with Gasteiger partial charge in [-0.2, -0.15) is 9.97 Å². The van der Waals surface area contributed by atoms with Crippen LogP contribution in [0.2, 0.25) is 0 Å². The number of amides is 1. The average molecular weight is 403 g/mol. The molecular weight excluding hydrogens is 368 g/mol. The highest BCUT2D eigenvalue weighted by molar-refractivity contribution is 5.69. The topological polar surface area (TPSA) is 96.6 Å². The Morgan fingerprint density at radius 2 is 2.03 bits per heavy atom. The molecule has 3 N–H and O–H groups in total. The molecule has 1 saturated heterocycles. The number of nitrogens with two attached hydrogens (primary N) is 1. The Kier molecular flexibility index (Phi) is 5.21. The van der Waals surface area contributed by atoms with Crippen molar-refractivity contribution in [1.29, 1.82) is 0 Å². The van der Waals surface area contributed by atoms with Gasteiger partial charge in [-0.05, 0) is 58.8 Å². The van der Waals surface area contributed by atoms with Gasteiger partial charge in [0.1, 0.15) is 17.2 Å². The van der Waals surface area contributed by atoms with E-state index >= 15 is 0 Å². The van der Waals surface area contributed by atoms with Crippen molar-refractivity contribution in [2.24, 2.45) is 11.8 Å². The molecule has 1 aromatic heterocycles. The third-order valence-corrected chi connectivity index (χ3v) is 6.38. The van der Waals surface area contributed by atoms with Crippen LogP contribution in [0.15, 0.2) is 6.07 Å². The molecule has 3 aliphatic rings. The standard InChI is InChI=1S/C21H34N6O2/c1-13-12-26(7-8-27(13)20(28)29-21(2,3)4)18-11-17(24-19(22)25-18)23-16-10-14-5-6-15(16)9-14/h11,13-16H,5-10,12H2,1-4H3,(H3,22,23,24,25)/t13?,14-,15-,16-/m1/s1. The van der Waals surface area contributed by atoms with Crippen LogP contribution >= 0.6 is 0 Å². The van der Waals surface area contributed by atoms with Crippen molar-refractivity contribution in [3.63, 3.8) is 0 Å². The number of fused-ring (bicyclic) bond motifs is 2. The summed E-state index contributed by atoms with van der Waals surface area (Å²) in [6, 6.07) is 2.52. The summed E-state index contributed by atoms with van der Waals surface area (Å²) in [5, 5.41) is 3.61. The van der Waals surface area contributed by atoms with Gasteiger partial charge in [-0.1, -0.05) is 6.42 Å². The summed E-state index contributed by atoms with van der Waals surface area (Å²) in [7, 11) is 0. The van der Waals surface area contributed by atoms with Crippen molar-refractivity contribution < 1.29 is 9.53 Å². The molecule has 0 radical (unpaired) electrons. The Morgan fingerprint density at radius 3 is 2.66 bits per heavy atom. The fourth-order valence-electron chi connectivity index (χ4n) is 5.06. The summed E-state index contributed by atoms with van der Waals surface area (Å²) in [5.41, 5.74) is 5.53. The highest BCUT2D eigenvalue weighted by Crippen LogP contribution is 2.45. The molecule has 2 heterocycles. The third kappa shape index (κ3) is 4.51. The van der Waals surface area contributed by atoms with Gasteiger partial charge in [0.25, 0.3) is 0 Å². The van der Waals surface area contributed by atoms with Gasteiger partial charge in [0.15, 0.2) is 0 Å². The molecule has 0 spiro atoms. The maximum absolute atomic E-state index is 12.5. The minimum absolute atomic E-state index is 0.0248. The van der Waals surface area contributed by atoms with Crippen molar-refractivity contribution in [2.45, 2.75) is 71.1 Å². The molecule has 2 aliphatic carbocycles. The monoisotopic (exact) mass is 402 g/mol. The van der Waals surface area contributed by atoms with Crippen LogP contribution in [0.4, 0.5) is 22.4 Å². The van der Waals surface area contributed by atoms with Crippen LogP contribution in [0, 0.1) is 11.8 Å². The lowest BCUT2D eigenvalue weighted by Crippen LogP contribution is -2.55. The second-order valence-electron chi connectivity index (χ2n) is 9.86. The Hall–Kier alpha value is -2.25. The van der Waals surface area contributed by atoms with Crippen LogP contribution in [0.25, 0.3) is 0 Å². The largest absolute Gasteiger partial charge is 0.444 e. The van der Waals surface area contributed by atoms with E-state index in [1.54, 1.807) is 4.90 Å². The molecule has 1 aromatic rings. The lowest BCUT2D eigenvalue weighted by Gasteiger charge is -2.40. The first-order valence-electron chi connectivity index (χ1n) is 10.8. The number of aromatic nitrogens is 2. The molecule has 160 valence electrons. The summed E-state index contributed by atoms with van der Waals surface area (Å²) in [6.45, 7) is 9.67. The molecule has 2 bridgehead atoms. The summed E-state index contributed by atoms with van der Waals surface area (Å²) in [4.78, 5) is 25.3. The van der Waals surface area contributed by atoms with Gasteiger partial charge in [0.2, 0.25) is 5.95 Å². The number of carbonyl (C=O) groups is 1. The summed E-state index contributed by atoms with van der Waals surface area (Å²) < 4.78 is 5.54. The Labute approximate surface area is 173 Å². The Morgan fingerprint density at radius 1 is 1.24 bits per heavy atom. The maximum Gasteiger partial charge on any atom is 0.410 e. The van der Waals surface area contributed by atoms with E-state index in [4.69, 9.17) is 10.5 Å². The number of nitrogen functional groups attached to an aromatic ring is 1. The molecule has 29 heavy (non-hydrogen) atoms. The maximum atomic E-state index is 12.5. The van der Waals surface area contributed by atoms with E-state index in [1.807, 2.05) is 33.8 Å². The van der Waals surface area contributed by atoms with Gasteiger partial charge in [-0.3, -0.25) is 0 Å². The first-order chi connectivity index (χ1) is 13.7. The SMILES string of the molecule is CC1CN(c2cc(N[C@@H]3C[C@@H]4CC[C@@H]3C4)nc(N)n2)CCN1C(=O)OC(C)(C)C. The van der Waals surface area contributed by atoms with Gasteiger partial charge in [-0.15, -0.1) is 0 Å². The molecule has 1 unspecified atom stereocenters. The van der Waals surface area contributed by atoms with E-state index in [0.717, 1.165) is 23.5 Å². The first-order valence-corrected chi connectivity index (χ1v) is 10.8. The Bertz CT molecular complexity index is 764. The lowest BCUT2D eigenvalue weighted by atomic mass is 9.95. The molecule has 8 nitrogen and oxygen atoms in total. The van der Waals surface area contributed by atoms with E-state index in [1.165, 1.54) is 25.7 Å². The number of carbonyl (C=O) groups excluding carboxylic acids is 1. The number of hydrogen-bond donors (Lipinski definition) is 2. The highest BCUT2D eigenvalue weighted by atomic mass is 16.6. The van der Waals surface area contributed by atoms with E-state index in [0.29, 0.717) is 25.7 Å². The lowest BCUT2D eigenvalue weighted by molar-refractivity contribution is 0.0158. The highest BCUT2D eigenvalue weighted by Gasteiger charge is 2.39. The molecule has 3 fully saturated rings. The van der Waals surface area contributed by atoms with Crippen LogP contribution in [0.3, 0.4) is 0 Å². The fraction of sp³-hybridized carbons (Fsp3) is 0.762. The summed E-state index contributed by atoms with van der Waals surface area (Å²) in [6.07, 6.45) is 5.01. The fourth-order valence-corrected chi connectivity index (χ4v) is 5.06. The molecule has 2 saturated carbocycles. The predicted molar refractivity (Wildman–Crippen MR) is 114 cm³/mol. The number of piperazine rings is 1. The predicted octanol–water partition coefficient (Wildman–Crippen LogP) is 3.10. The van der Waals surface area contributed by atoms with Gasteiger partial charge >= 0.3 is 6.09 Å². The van der Waals surface area contributed by atoms with Crippen LogP contribution in [-0.4, -0.2) is 58.3 Å². The van der Waals surface area contributed by atoms with Crippen molar-refractivity contribution in [3.05, 3.63) is 6.07 Å². The van der Waals surface area contributed by atoms with Crippen molar-refractivity contribution in [1.82, 2.24) is 14.9 Å². The molecule has 4 rings (SSSR count). The van der Waals surface area contributed by atoms with Crippen LogP contribution in [0.1, 0.15) is 53.4 Å². The third-order valence-electron chi connectivity index (χ3n) is 6.38. The number of rotatable bonds is 3. The quantitative estimate of drug-likeness (QED) is 0.802. The zero-order chi connectivity index (χ0) is 20.8. The zero-order valence-corrected chi connectivity index (χ0v) is 18.0. The number of hydrogen-bond acceptors (Lipinski definition) is 7. The molecule has 1 amide bonds. The summed E-state index contributed by atoms with van der Waals surface area (Å²) >= 11 is 0. The van der Waals surface area contributed by atoms with Crippen molar-refractivity contribution in [3.8, 4) is 0 Å². The molecule has 4 atom stereocenters. The van der Waals surface area contributed by atoms with Crippen molar-refractivity contribution >= 4 is 23.7 Å². The van der Waals surface area contributed by atoms with E-state index in [-0.39, 0.29) is 18.1 Å². The second-order valence-corrected chi connectivity index (χ2v) is 9.86. The zero-order valence-electron chi connectivity index (χ0n) is 18.0. The minimum atomic E-state index is -0.491. The molecule has 0 aromatic carbocycles. The number of anilines is 3. The van der Waals surface area contributed by atoms with Crippen LogP contribution in [0.5, 0.6) is 0 Å². The smallest absolute Gasteiger partial charge is 0.410 e. The Balaban J connectivity index is 1.41. The van der Waals surface area contributed by atoms with Crippen LogP contribution in [-0.2, 0) is 4.74 Å². The number of ether oxygens (including phenoxy) is 1. The first kappa shape index (κ1) is 20.0. The molecule has 1 aliphatic heterocycles. The van der Waals surface area contributed by atoms with E-state index < -0.39 is 5.60 Å². The van der Waals surface area contributed by atoms with Gasteiger partial charge in [0, 0.05) is 37.8 Å². The van der Waals surface area contributed by atoms with Gasteiger partial charge < -0.3 is 25.6 Å². The second kappa shape index (κ2) is 7.54. The average Bonchev–Trinajstić information content (AvgIpc) is 3.22.